The molecular formula is C10H10N2OS2. The van der Waals surface area contributed by atoms with Gasteiger partial charge in [0.15, 0.2) is 4.77 Å². The molecule has 0 bridgehead atoms. The number of aryl methyl sites for hydroxylation is 1. The lowest BCUT2D eigenvalue weighted by Gasteiger charge is -2.03. The fraction of sp³-hybridized carbons (Fsp3) is 0.200. The van der Waals surface area contributed by atoms with Crippen molar-refractivity contribution in [3.05, 3.63) is 49.3 Å². The van der Waals surface area contributed by atoms with E-state index in [0.29, 0.717) is 11.3 Å². The van der Waals surface area contributed by atoms with Crippen LogP contribution in [-0.2, 0) is 6.54 Å². The second-order valence-electron chi connectivity index (χ2n) is 3.25. The van der Waals surface area contributed by atoms with Gasteiger partial charge in [-0.15, -0.1) is 11.3 Å². The maximum absolute atomic E-state index is 11.0. The molecule has 0 saturated heterocycles. The lowest BCUT2D eigenvalue weighted by Crippen LogP contribution is -2.11. The molecule has 0 fully saturated rings. The van der Waals surface area contributed by atoms with Crippen LogP contribution < -0.4 is 5.56 Å². The lowest BCUT2D eigenvalue weighted by atomic mass is 10.4. The highest BCUT2D eigenvalue weighted by molar-refractivity contribution is 7.71. The van der Waals surface area contributed by atoms with Gasteiger partial charge in [0.25, 0.3) is 5.56 Å². The molecule has 0 aliphatic heterocycles. The molecule has 0 spiro atoms. The second kappa shape index (κ2) is 4.12. The molecule has 78 valence electrons. The monoisotopic (exact) mass is 238 g/mol. The molecule has 2 aromatic heterocycles. The van der Waals surface area contributed by atoms with E-state index in [9.17, 15) is 4.79 Å². The number of aromatic amines is 1. The van der Waals surface area contributed by atoms with Crippen LogP contribution in [0.1, 0.15) is 9.75 Å². The molecule has 0 unspecified atom stereocenters. The Morgan fingerprint density at radius 2 is 2.27 bits per heavy atom. The van der Waals surface area contributed by atoms with Crippen LogP contribution in [0.4, 0.5) is 0 Å². The summed E-state index contributed by atoms with van der Waals surface area (Å²) in [7, 11) is 0. The molecule has 2 heterocycles. The van der Waals surface area contributed by atoms with Crippen molar-refractivity contribution >= 4 is 23.6 Å². The van der Waals surface area contributed by atoms with Crippen molar-refractivity contribution in [2.75, 3.05) is 0 Å². The number of rotatable bonds is 2. The van der Waals surface area contributed by atoms with Crippen LogP contribution in [0.2, 0.25) is 0 Å². The number of H-pyrrole nitrogens is 1. The molecule has 2 aromatic rings. The SMILES string of the molecule is Cc1ccc(Cn2ccc(=O)[nH]c2=S)s1. The summed E-state index contributed by atoms with van der Waals surface area (Å²) in [5.41, 5.74) is -0.154. The zero-order chi connectivity index (χ0) is 10.8. The molecule has 1 N–H and O–H groups in total. The molecule has 5 heteroatoms. The van der Waals surface area contributed by atoms with Crippen molar-refractivity contribution in [1.82, 2.24) is 9.55 Å². The molecule has 3 nitrogen and oxygen atoms in total. The molecule has 15 heavy (non-hydrogen) atoms. The van der Waals surface area contributed by atoms with Gasteiger partial charge < -0.3 is 4.57 Å². The molecule has 0 radical (unpaired) electrons. The minimum atomic E-state index is -0.154. The van der Waals surface area contributed by atoms with E-state index in [0.717, 1.165) is 0 Å². The third kappa shape index (κ3) is 2.43. The highest BCUT2D eigenvalue weighted by atomic mass is 32.1. The minimum absolute atomic E-state index is 0.154. The normalized spacial score (nSPS) is 10.5. The van der Waals surface area contributed by atoms with Crippen LogP contribution in [0.15, 0.2) is 29.2 Å². The van der Waals surface area contributed by atoms with Crippen LogP contribution in [0.5, 0.6) is 0 Å². The number of hydrogen-bond acceptors (Lipinski definition) is 3. The summed E-state index contributed by atoms with van der Waals surface area (Å²) in [4.78, 5) is 16.1. The Hall–Kier alpha value is -1.20. The van der Waals surface area contributed by atoms with Gasteiger partial charge in [0.2, 0.25) is 0 Å². The van der Waals surface area contributed by atoms with Crippen molar-refractivity contribution in [3.8, 4) is 0 Å². The molecule has 0 saturated carbocycles. The van der Waals surface area contributed by atoms with Crippen molar-refractivity contribution in [2.24, 2.45) is 0 Å². The lowest BCUT2D eigenvalue weighted by molar-refractivity contribution is 0.754. The van der Waals surface area contributed by atoms with Crippen molar-refractivity contribution in [3.63, 3.8) is 0 Å². The first kappa shape index (κ1) is 10.3. The van der Waals surface area contributed by atoms with Crippen LogP contribution in [0.25, 0.3) is 0 Å². The maximum Gasteiger partial charge on any atom is 0.251 e. The van der Waals surface area contributed by atoms with E-state index in [1.54, 1.807) is 17.5 Å². The van der Waals surface area contributed by atoms with E-state index in [2.05, 4.69) is 24.0 Å². The first-order valence-electron chi connectivity index (χ1n) is 4.50. The van der Waals surface area contributed by atoms with Crippen LogP contribution in [0.3, 0.4) is 0 Å². The topological polar surface area (TPSA) is 37.8 Å². The summed E-state index contributed by atoms with van der Waals surface area (Å²) in [6, 6.07) is 5.64. The molecule has 0 aromatic carbocycles. The van der Waals surface area contributed by atoms with Crippen LogP contribution in [0, 0.1) is 11.7 Å². The Labute approximate surface area is 96.0 Å². The number of nitrogens with zero attached hydrogens (tertiary/aromatic N) is 1. The van der Waals surface area contributed by atoms with Gasteiger partial charge >= 0.3 is 0 Å². The number of thiophene rings is 1. The summed E-state index contributed by atoms with van der Waals surface area (Å²) >= 11 is 6.79. The smallest absolute Gasteiger partial charge is 0.251 e. The summed E-state index contributed by atoms with van der Waals surface area (Å²) in [6.07, 6.45) is 1.72. The van der Waals surface area contributed by atoms with Gasteiger partial charge in [-0.25, -0.2) is 0 Å². The first-order valence-corrected chi connectivity index (χ1v) is 5.73. The molecule has 0 aliphatic rings. The van der Waals surface area contributed by atoms with Gasteiger partial charge in [0.1, 0.15) is 0 Å². The number of nitrogens with one attached hydrogen (secondary N) is 1. The first-order chi connectivity index (χ1) is 7.15. The molecule has 2 rings (SSSR count). The average Bonchev–Trinajstić information content (AvgIpc) is 2.56. The molecule has 0 aliphatic carbocycles. The largest absolute Gasteiger partial charge is 0.320 e. The molecular weight excluding hydrogens is 228 g/mol. The number of hydrogen-bond donors (Lipinski definition) is 1. The van der Waals surface area contributed by atoms with E-state index in [4.69, 9.17) is 12.2 Å². The van der Waals surface area contributed by atoms with Gasteiger partial charge in [0.05, 0.1) is 6.54 Å². The Kier molecular flexibility index (Phi) is 2.83. The van der Waals surface area contributed by atoms with E-state index in [-0.39, 0.29) is 5.56 Å². The fourth-order valence-corrected chi connectivity index (χ4v) is 2.42. The Bertz CT molecular complexity index is 579. The van der Waals surface area contributed by atoms with Gasteiger partial charge in [-0.1, -0.05) is 0 Å². The summed E-state index contributed by atoms with van der Waals surface area (Å²) in [5, 5.41) is 0. The second-order valence-corrected chi connectivity index (χ2v) is 5.01. The van der Waals surface area contributed by atoms with Crippen LogP contribution in [-0.4, -0.2) is 9.55 Å². The predicted octanol–water partition coefficient (Wildman–Crippen LogP) is 2.32. The van der Waals surface area contributed by atoms with Crippen molar-refractivity contribution in [2.45, 2.75) is 13.5 Å². The van der Waals surface area contributed by atoms with Gasteiger partial charge in [-0.3, -0.25) is 9.78 Å². The molecule has 0 atom stereocenters. The van der Waals surface area contributed by atoms with Gasteiger partial charge in [0, 0.05) is 22.0 Å². The Balaban J connectivity index is 2.32. The minimum Gasteiger partial charge on any atom is -0.320 e. The summed E-state index contributed by atoms with van der Waals surface area (Å²) < 4.78 is 2.32. The third-order valence-electron chi connectivity index (χ3n) is 2.02. The van der Waals surface area contributed by atoms with E-state index >= 15 is 0 Å². The van der Waals surface area contributed by atoms with Gasteiger partial charge in [-0.05, 0) is 31.3 Å². The van der Waals surface area contributed by atoms with E-state index in [1.807, 2.05) is 4.57 Å². The summed E-state index contributed by atoms with van der Waals surface area (Å²) in [6.45, 7) is 2.79. The predicted molar refractivity (Wildman–Crippen MR) is 64.0 cm³/mol. The van der Waals surface area contributed by atoms with E-state index in [1.165, 1.54) is 15.8 Å². The summed E-state index contributed by atoms with van der Waals surface area (Å²) in [5.74, 6) is 0. The standard InChI is InChI=1S/C10H10N2OS2/c1-7-2-3-8(15-7)6-12-5-4-9(13)11-10(12)14/h2-5H,6H2,1H3,(H,11,13,14). The number of aromatic nitrogens is 2. The van der Waals surface area contributed by atoms with Crippen LogP contribution >= 0.6 is 23.6 Å². The van der Waals surface area contributed by atoms with E-state index < -0.39 is 0 Å². The van der Waals surface area contributed by atoms with Crippen molar-refractivity contribution < 1.29 is 0 Å². The quantitative estimate of drug-likeness (QED) is 0.815. The average molecular weight is 238 g/mol. The zero-order valence-corrected chi connectivity index (χ0v) is 9.82. The van der Waals surface area contributed by atoms with Gasteiger partial charge in [-0.2, -0.15) is 0 Å². The maximum atomic E-state index is 11.0. The third-order valence-corrected chi connectivity index (χ3v) is 3.34. The highest BCUT2D eigenvalue weighted by Crippen LogP contribution is 2.15. The Morgan fingerprint density at radius 1 is 1.47 bits per heavy atom. The molecule has 0 amide bonds. The fourth-order valence-electron chi connectivity index (χ4n) is 1.31. The Morgan fingerprint density at radius 3 is 2.87 bits per heavy atom. The highest BCUT2D eigenvalue weighted by Gasteiger charge is 1.98. The van der Waals surface area contributed by atoms with Crippen molar-refractivity contribution in [1.29, 1.82) is 0 Å². The zero-order valence-electron chi connectivity index (χ0n) is 8.19.